The SMILES string of the molecule is CCCCC(COc1ccco1)ON=C(C1=C(O)CC(C2CCCSC2)CC1=O)C(C)C(C)C. The summed E-state index contributed by atoms with van der Waals surface area (Å²) in [4.78, 5) is 19.3. The zero-order valence-corrected chi connectivity index (χ0v) is 21.9. The minimum Gasteiger partial charge on any atom is -0.511 e. The molecule has 2 aliphatic rings. The van der Waals surface area contributed by atoms with Crippen LogP contribution < -0.4 is 4.74 Å². The highest BCUT2D eigenvalue weighted by atomic mass is 32.2. The standard InChI is InChI=1S/C27H41NO5S/c1-5-6-10-22(16-32-25-11-7-12-31-25)33-28-27(19(4)18(2)3)26-23(29)14-21(15-24(26)30)20-9-8-13-34-17-20/h7,11-12,18-22,29H,5-6,8-10,13-17H2,1-4H3. The van der Waals surface area contributed by atoms with Gasteiger partial charge in [-0.05, 0) is 61.0 Å². The van der Waals surface area contributed by atoms with Crippen LogP contribution in [-0.2, 0) is 9.63 Å². The Morgan fingerprint density at radius 3 is 2.74 bits per heavy atom. The van der Waals surface area contributed by atoms with Crippen molar-refractivity contribution in [1.29, 1.82) is 0 Å². The zero-order valence-electron chi connectivity index (χ0n) is 21.1. The van der Waals surface area contributed by atoms with Gasteiger partial charge < -0.3 is 19.1 Å². The first kappa shape index (κ1) is 26.7. The molecule has 1 aliphatic heterocycles. The molecule has 0 amide bonds. The first-order chi connectivity index (χ1) is 16.4. The molecule has 1 aliphatic carbocycles. The number of carbonyl (C=O) groups excluding carboxylic acids is 1. The highest BCUT2D eigenvalue weighted by molar-refractivity contribution is 7.99. The summed E-state index contributed by atoms with van der Waals surface area (Å²) in [5.41, 5.74) is 0.940. The second kappa shape index (κ2) is 13.3. The molecule has 0 bridgehead atoms. The number of carbonyl (C=O) groups is 1. The summed E-state index contributed by atoms with van der Waals surface area (Å²) in [6.07, 6.45) is 7.47. The van der Waals surface area contributed by atoms with Crippen molar-refractivity contribution in [3.05, 3.63) is 29.7 Å². The molecule has 1 N–H and O–H groups in total. The largest absolute Gasteiger partial charge is 0.511 e. The molecule has 0 radical (unpaired) electrons. The highest BCUT2D eigenvalue weighted by Gasteiger charge is 2.37. The molecular weight excluding hydrogens is 450 g/mol. The molecule has 34 heavy (non-hydrogen) atoms. The lowest BCUT2D eigenvalue weighted by Gasteiger charge is -2.33. The number of hydrogen-bond acceptors (Lipinski definition) is 7. The molecule has 6 nitrogen and oxygen atoms in total. The van der Waals surface area contributed by atoms with Crippen molar-refractivity contribution in [2.45, 2.75) is 78.7 Å². The van der Waals surface area contributed by atoms with Gasteiger partial charge in [-0.3, -0.25) is 4.79 Å². The minimum atomic E-state index is -0.271. The lowest BCUT2D eigenvalue weighted by molar-refractivity contribution is -0.117. The number of oxime groups is 1. The van der Waals surface area contributed by atoms with Gasteiger partial charge in [-0.2, -0.15) is 11.8 Å². The van der Waals surface area contributed by atoms with Crippen LogP contribution in [0.2, 0.25) is 0 Å². The van der Waals surface area contributed by atoms with Crippen molar-refractivity contribution in [1.82, 2.24) is 0 Å². The Morgan fingerprint density at radius 2 is 2.12 bits per heavy atom. The van der Waals surface area contributed by atoms with E-state index in [2.05, 4.69) is 25.9 Å². The third-order valence-electron chi connectivity index (χ3n) is 7.11. The lowest BCUT2D eigenvalue weighted by Crippen LogP contribution is -2.33. The number of ketones is 1. The minimum absolute atomic E-state index is 0.00360. The van der Waals surface area contributed by atoms with E-state index in [1.165, 1.54) is 12.2 Å². The van der Waals surface area contributed by atoms with E-state index in [0.29, 0.717) is 42.6 Å². The van der Waals surface area contributed by atoms with Crippen molar-refractivity contribution < 1.29 is 23.9 Å². The number of hydrogen-bond donors (Lipinski definition) is 1. The van der Waals surface area contributed by atoms with E-state index in [9.17, 15) is 9.90 Å². The van der Waals surface area contributed by atoms with E-state index in [-0.39, 0.29) is 35.4 Å². The second-order valence-corrected chi connectivity index (χ2v) is 11.2. The van der Waals surface area contributed by atoms with Gasteiger partial charge in [0, 0.05) is 24.8 Å². The van der Waals surface area contributed by atoms with Crippen molar-refractivity contribution >= 4 is 23.3 Å². The van der Waals surface area contributed by atoms with Crippen LogP contribution in [0.1, 0.15) is 72.6 Å². The number of aliphatic hydroxyl groups excluding tert-OH is 1. The first-order valence-corrected chi connectivity index (χ1v) is 14.0. The fraction of sp³-hybridized carbons (Fsp3) is 0.704. The molecule has 1 saturated heterocycles. The third-order valence-corrected chi connectivity index (χ3v) is 8.35. The van der Waals surface area contributed by atoms with E-state index < -0.39 is 0 Å². The normalized spacial score (nSPS) is 23.8. The smallest absolute Gasteiger partial charge is 0.284 e. The van der Waals surface area contributed by atoms with E-state index >= 15 is 0 Å². The summed E-state index contributed by atoms with van der Waals surface area (Å²) in [5, 5.41) is 15.6. The number of nitrogens with zero attached hydrogens (tertiary/aromatic N) is 1. The molecule has 0 saturated carbocycles. The molecule has 0 spiro atoms. The van der Waals surface area contributed by atoms with Crippen LogP contribution in [0.4, 0.5) is 0 Å². The fourth-order valence-electron chi connectivity index (χ4n) is 4.61. The van der Waals surface area contributed by atoms with Gasteiger partial charge in [0.25, 0.3) is 5.95 Å². The summed E-state index contributed by atoms with van der Waals surface area (Å²) < 4.78 is 11.0. The predicted octanol–water partition coefficient (Wildman–Crippen LogP) is 6.82. The molecule has 1 aromatic heterocycles. The molecule has 1 fully saturated rings. The number of allylic oxidation sites excluding steroid dienone is 2. The third kappa shape index (κ3) is 7.30. The number of ether oxygens (including phenoxy) is 1. The topological polar surface area (TPSA) is 81.3 Å². The van der Waals surface area contributed by atoms with E-state index in [1.807, 2.05) is 18.7 Å². The number of rotatable bonds is 12. The quantitative estimate of drug-likeness (QED) is 0.255. The van der Waals surface area contributed by atoms with Crippen molar-refractivity contribution in [3.8, 4) is 5.95 Å². The zero-order chi connectivity index (χ0) is 24.5. The van der Waals surface area contributed by atoms with Gasteiger partial charge >= 0.3 is 0 Å². The average molecular weight is 492 g/mol. The monoisotopic (exact) mass is 491 g/mol. The van der Waals surface area contributed by atoms with E-state index in [4.69, 9.17) is 14.0 Å². The van der Waals surface area contributed by atoms with Crippen LogP contribution in [0.3, 0.4) is 0 Å². The summed E-state index contributed by atoms with van der Waals surface area (Å²) in [7, 11) is 0. The summed E-state index contributed by atoms with van der Waals surface area (Å²) in [5.74, 6) is 3.85. The molecular formula is C27H41NO5S. The molecule has 1 aromatic rings. The Balaban J connectivity index is 1.79. The van der Waals surface area contributed by atoms with Gasteiger partial charge in [0.05, 0.1) is 17.5 Å². The van der Waals surface area contributed by atoms with Crippen molar-refractivity contribution in [2.24, 2.45) is 28.8 Å². The highest BCUT2D eigenvalue weighted by Crippen LogP contribution is 2.38. The Hall–Kier alpha value is -1.89. The van der Waals surface area contributed by atoms with E-state index in [0.717, 1.165) is 31.4 Å². The maximum atomic E-state index is 13.3. The van der Waals surface area contributed by atoms with Gasteiger partial charge in [0.2, 0.25) is 0 Å². The number of furan rings is 1. The summed E-state index contributed by atoms with van der Waals surface area (Å²) in [6.45, 7) is 8.68. The average Bonchev–Trinajstić information content (AvgIpc) is 3.35. The van der Waals surface area contributed by atoms with Crippen molar-refractivity contribution in [2.75, 3.05) is 18.1 Å². The first-order valence-electron chi connectivity index (χ1n) is 12.8. The van der Waals surface area contributed by atoms with Gasteiger partial charge in [-0.15, -0.1) is 0 Å². The van der Waals surface area contributed by atoms with Gasteiger partial charge in [0.15, 0.2) is 11.9 Å². The number of unbranched alkanes of at least 4 members (excludes halogenated alkanes) is 1. The molecule has 2 heterocycles. The Bertz CT molecular complexity index is 826. The Morgan fingerprint density at radius 1 is 1.29 bits per heavy atom. The fourth-order valence-corrected chi connectivity index (χ4v) is 5.89. The second-order valence-electron chi connectivity index (χ2n) is 10.0. The maximum absolute atomic E-state index is 13.3. The molecule has 4 unspecified atom stereocenters. The number of Topliss-reactive ketones (excluding diaryl/α,β-unsaturated/α-hetero) is 1. The number of thioether (sulfide) groups is 1. The van der Waals surface area contributed by atoms with Crippen LogP contribution in [0.5, 0.6) is 5.95 Å². The molecule has 0 aromatic carbocycles. The van der Waals surface area contributed by atoms with E-state index in [1.54, 1.807) is 18.4 Å². The van der Waals surface area contributed by atoms with Gasteiger partial charge in [0.1, 0.15) is 12.4 Å². The lowest BCUT2D eigenvalue weighted by atomic mass is 9.75. The van der Waals surface area contributed by atoms with Crippen LogP contribution in [0.15, 0.2) is 39.3 Å². The van der Waals surface area contributed by atoms with Gasteiger partial charge in [-0.1, -0.05) is 39.3 Å². The Labute approximate surface area is 208 Å². The maximum Gasteiger partial charge on any atom is 0.284 e. The van der Waals surface area contributed by atoms with Gasteiger partial charge in [-0.25, -0.2) is 0 Å². The Kier molecular flexibility index (Phi) is 10.4. The van der Waals surface area contributed by atoms with Crippen LogP contribution in [-0.4, -0.2) is 40.8 Å². The molecule has 190 valence electrons. The van der Waals surface area contributed by atoms with Crippen LogP contribution in [0.25, 0.3) is 0 Å². The summed E-state index contributed by atoms with van der Waals surface area (Å²) >= 11 is 1.97. The summed E-state index contributed by atoms with van der Waals surface area (Å²) in [6, 6.07) is 3.54. The van der Waals surface area contributed by atoms with Crippen LogP contribution in [0, 0.1) is 23.7 Å². The predicted molar refractivity (Wildman–Crippen MR) is 137 cm³/mol. The van der Waals surface area contributed by atoms with Crippen molar-refractivity contribution in [3.63, 3.8) is 0 Å². The molecule has 4 atom stereocenters. The van der Waals surface area contributed by atoms with Crippen LogP contribution >= 0.6 is 11.8 Å². The number of aliphatic hydroxyl groups is 1. The molecule has 3 rings (SSSR count). The molecule has 7 heteroatoms.